The highest BCUT2D eigenvalue weighted by Crippen LogP contribution is 2.17. The Labute approximate surface area is 121 Å². The first-order valence-corrected chi connectivity index (χ1v) is 7.30. The average molecular weight is 329 g/mol. The van der Waals surface area contributed by atoms with Crippen molar-refractivity contribution in [2.24, 2.45) is 0 Å². The molecule has 1 unspecified atom stereocenters. The number of hydrogen-bond acceptors (Lipinski definition) is 2. The zero-order chi connectivity index (χ0) is 13.8. The van der Waals surface area contributed by atoms with E-state index in [-0.39, 0.29) is 11.5 Å². The standard InChI is InChI=1S/C14H18BrFN2O/c1-18-7-3-2-4-11(18)9-17-14(19)12-8-10(15)5-6-13(12)16/h5-6,8,11H,2-4,7,9H2,1H3,(H,17,19). The van der Waals surface area contributed by atoms with Gasteiger partial charge in [0, 0.05) is 17.1 Å². The Balaban J connectivity index is 1.95. The van der Waals surface area contributed by atoms with Crippen LogP contribution in [0.2, 0.25) is 0 Å². The van der Waals surface area contributed by atoms with Crippen molar-refractivity contribution in [2.45, 2.75) is 25.3 Å². The normalized spacial score (nSPS) is 20.3. The van der Waals surface area contributed by atoms with Gasteiger partial charge in [0.05, 0.1) is 5.56 Å². The van der Waals surface area contributed by atoms with Gasteiger partial charge in [-0.1, -0.05) is 22.4 Å². The first kappa shape index (κ1) is 14.5. The molecule has 0 saturated carbocycles. The quantitative estimate of drug-likeness (QED) is 0.925. The minimum absolute atomic E-state index is 0.0906. The third kappa shape index (κ3) is 3.76. The zero-order valence-electron chi connectivity index (χ0n) is 11.0. The molecule has 2 rings (SSSR count). The first-order valence-electron chi connectivity index (χ1n) is 6.51. The zero-order valence-corrected chi connectivity index (χ0v) is 12.5. The van der Waals surface area contributed by atoms with Crippen molar-refractivity contribution in [3.05, 3.63) is 34.1 Å². The number of rotatable bonds is 3. The number of carbonyl (C=O) groups is 1. The smallest absolute Gasteiger partial charge is 0.254 e. The van der Waals surface area contributed by atoms with Crippen LogP contribution in [0, 0.1) is 5.82 Å². The summed E-state index contributed by atoms with van der Waals surface area (Å²) in [5.41, 5.74) is 0.0906. The van der Waals surface area contributed by atoms with Crippen LogP contribution in [-0.4, -0.2) is 37.0 Å². The molecule has 1 aliphatic heterocycles. The summed E-state index contributed by atoms with van der Waals surface area (Å²) < 4.78 is 14.3. The number of likely N-dealkylation sites (tertiary alicyclic amines) is 1. The van der Waals surface area contributed by atoms with Crippen molar-refractivity contribution in [1.82, 2.24) is 10.2 Å². The van der Waals surface area contributed by atoms with E-state index in [2.05, 4.69) is 33.2 Å². The summed E-state index contributed by atoms with van der Waals surface area (Å²) in [5, 5.41) is 2.83. The number of amides is 1. The first-order chi connectivity index (χ1) is 9.08. The molecule has 3 nitrogen and oxygen atoms in total. The molecule has 0 radical (unpaired) electrons. The molecular weight excluding hydrogens is 311 g/mol. The fraction of sp³-hybridized carbons (Fsp3) is 0.500. The lowest BCUT2D eigenvalue weighted by Gasteiger charge is -2.32. The Morgan fingerprint density at radius 2 is 2.32 bits per heavy atom. The summed E-state index contributed by atoms with van der Waals surface area (Å²) in [6.07, 6.45) is 3.48. The monoisotopic (exact) mass is 328 g/mol. The molecule has 1 atom stereocenters. The van der Waals surface area contributed by atoms with E-state index in [1.165, 1.54) is 25.0 Å². The van der Waals surface area contributed by atoms with Crippen LogP contribution >= 0.6 is 15.9 Å². The maximum atomic E-state index is 13.6. The average Bonchev–Trinajstić information content (AvgIpc) is 2.40. The predicted molar refractivity (Wildman–Crippen MR) is 76.7 cm³/mol. The van der Waals surface area contributed by atoms with Crippen LogP contribution in [0.4, 0.5) is 4.39 Å². The SMILES string of the molecule is CN1CCCCC1CNC(=O)c1cc(Br)ccc1F. The Hall–Kier alpha value is -0.940. The second-order valence-electron chi connectivity index (χ2n) is 4.96. The molecular formula is C14H18BrFN2O. The molecule has 19 heavy (non-hydrogen) atoms. The number of halogens is 2. The van der Waals surface area contributed by atoms with E-state index in [0.717, 1.165) is 13.0 Å². The summed E-state index contributed by atoms with van der Waals surface area (Å²) >= 11 is 3.25. The van der Waals surface area contributed by atoms with Crippen molar-refractivity contribution < 1.29 is 9.18 Å². The fourth-order valence-electron chi connectivity index (χ4n) is 2.38. The number of carbonyl (C=O) groups excluding carboxylic acids is 1. The third-order valence-corrected chi connectivity index (χ3v) is 4.09. The molecule has 1 saturated heterocycles. The molecule has 104 valence electrons. The van der Waals surface area contributed by atoms with Crippen molar-refractivity contribution in [2.75, 3.05) is 20.1 Å². The summed E-state index contributed by atoms with van der Waals surface area (Å²) in [4.78, 5) is 14.2. The molecule has 1 fully saturated rings. The summed E-state index contributed by atoms with van der Waals surface area (Å²) in [6.45, 7) is 1.63. The Morgan fingerprint density at radius 1 is 1.53 bits per heavy atom. The van der Waals surface area contributed by atoms with E-state index in [0.29, 0.717) is 17.1 Å². The summed E-state index contributed by atoms with van der Waals surface area (Å²) in [7, 11) is 2.07. The van der Waals surface area contributed by atoms with Gasteiger partial charge < -0.3 is 10.2 Å². The van der Waals surface area contributed by atoms with Crippen molar-refractivity contribution in [3.8, 4) is 0 Å². The van der Waals surface area contributed by atoms with Crippen LogP contribution < -0.4 is 5.32 Å². The third-order valence-electron chi connectivity index (χ3n) is 3.59. The molecule has 0 aliphatic carbocycles. The molecule has 1 aromatic carbocycles. The maximum Gasteiger partial charge on any atom is 0.254 e. The molecule has 5 heteroatoms. The maximum absolute atomic E-state index is 13.6. The summed E-state index contributed by atoms with van der Waals surface area (Å²) in [5.74, 6) is -0.838. The number of piperidine rings is 1. The van der Waals surface area contributed by atoms with Crippen molar-refractivity contribution >= 4 is 21.8 Å². The molecule has 1 amide bonds. The fourth-order valence-corrected chi connectivity index (χ4v) is 2.74. The molecule has 1 aromatic rings. The number of hydrogen-bond donors (Lipinski definition) is 1. The van der Waals surface area contributed by atoms with Gasteiger partial charge in [0.25, 0.3) is 5.91 Å². The van der Waals surface area contributed by atoms with Crippen LogP contribution in [0.1, 0.15) is 29.6 Å². The minimum atomic E-state index is -0.488. The molecule has 0 spiro atoms. The molecule has 1 heterocycles. The minimum Gasteiger partial charge on any atom is -0.350 e. The number of benzene rings is 1. The van der Waals surface area contributed by atoms with Gasteiger partial charge in [-0.05, 0) is 44.6 Å². The van der Waals surface area contributed by atoms with Crippen LogP contribution in [0.3, 0.4) is 0 Å². The molecule has 0 aromatic heterocycles. The van der Waals surface area contributed by atoms with Crippen LogP contribution in [0.25, 0.3) is 0 Å². The highest BCUT2D eigenvalue weighted by atomic mass is 79.9. The molecule has 0 bridgehead atoms. The number of nitrogens with zero attached hydrogens (tertiary/aromatic N) is 1. The lowest BCUT2D eigenvalue weighted by molar-refractivity contribution is 0.0924. The van der Waals surface area contributed by atoms with Gasteiger partial charge in [0.1, 0.15) is 5.82 Å². The number of likely N-dealkylation sites (N-methyl/N-ethyl adjacent to an activating group) is 1. The lowest BCUT2D eigenvalue weighted by Crippen LogP contribution is -2.44. The Bertz CT molecular complexity index is 467. The van der Waals surface area contributed by atoms with E-state index in [1.54, 1.807) is 6.07 Å². The second-order valence-corrected chi connectivity index (χ2v) is 5.88. The van der Waals surface area contributed by atoms with Crippen molar-refractivity contribution in [1.29, 1.82) is 0 Å². The van der Waals surface area contributed by atoms with Gasteiger partial charge >= 0.3 is 0 Å². The topological polar surface area (TPSA) is 32.3 Å². The highest BCUT2D eigenvalue weighted by Gasteiger charge is 2.20. The highest BCUT2D eigenvalue weighted by molar-refractivity contribution is 9.10. The van der Waals surface area contributed by atoms with E-state index in [4.69, 9.17) is 0 Å². The van der Waals surface area contributed by atoms with Gasteiger partial charge in [0.15, 0.2) is 0 Å². The van der Waals surface area contributed by atoms with E-state index < -0.39 is 5.82 Å². The van der Waals surface area contributed by atoms with Crippen molar-refractivity contribution in [3.63, 3.8) is 0 Å². The van der Waals surface area contributed by atoms with E-state index in [9.17, 15) is 9.18 Å². The molecule has 1 aliphatic rings. The van der Waals surface area contributed by atoms with Gasteiger partial charge in [-0.3, -0.25) is 4.79 Å². The van der Waals surface area contributed by atoms with Gasteiger partial charge in [-0.25, -0.2) is 4.39 Å². The van der Waals surface area contributed by atoms with E-state index in [1.807, 2.05) is 0 Å². The number of nitrogens with one attached hydrogen (secondary N) is 1. The Morgan fingerprint density at radius 3 is 3.05 bits per heavy atom. The van der Waals surface area contributed by atoms with Crippen LogP contribution in [0.15, 0.2) is 22.7 Å². The second kappa shape index (κ2) is 6.48. The predicted octanol–water partition coefficient (Wildman–Crippen LogP) is 2.80. The van der Waals surface area contributed by atoms with Gasteiger partial charge in [0.2, 0.25) is 0 Å². The van der Waals surface area contributed by atoms with Crippen LogP contribution in [-0.2, 0) is 0 Å². The van der Waals surface area contributed by atoms with E-state index >= 15 is 0 Å². The van der Waals surface area contributed by atoms with Crippen LogP contribution in [0.5, 0.6) is 0 Å². The molecule has 1 N–H and O–H groups in total. The van der Waals surface area contributed by atoms with Gasteiger partial charge in [-0.2, -0.15) is 0 Å². The largest absolute Gasteiger partial charge is 0.350 e. The summed E-state index contributed by atoms with van der Waals surface area (Å²) in [6, 6.07) is 4.75. The Kier molecular flexibility index (Phi) is 4.93. The van der Waals surface area contributed by atoms with Gasteiger partial charge in [-0.15, -0.1) is 0 Å². The lowest BCUT2D eigenvalue weighted by atomic mass is 10.0.